The van der Waals surface area contributed by atoms with E-state index in [-0.39, 0.29) is 16.3 Å². The summed E-state index contributed by atoms with van der Waals surface area (Å²) >= 11 is 0. The monoisotopic (exact) mass is 372 g/mol. The second-order valence-electron chi connectivity index (χ2n) is 5.65. The Morgan fingerprint density at radius 3 is 2.65 bits per heavy atom. The summed E-state index contributed by atoms with van der Waals surface area (Å²) in [6.07, 6.45) is 2.32. The lowest BCUT2D eigenvalue weighted by molar-refractivity contribution is -0.384. The highest BCUT2D eigenvalue weighted by atomic mass is 32.2. The summed E-state index contributed by atoms with van der Waals surface area (Å²) in [6, 6.07) is 13.2. The molecule has 0 aliphatic heterocycles. The van der Waals surface area contributed by atoms with Gasteiger partial charge in [0.05, 0.1) is 15.3 Å². The third kappa shape index (κ3) is 3.79. The number of pyridine rings is 1. The minimum atomic E-state index is -4.00. The van der Waals surface area contributed by atoms with E-state index >= 15 is 0 Å². The average Bonchev–Trinajstić information content (AvgIpc) is 2.61. The number of rotatable bonds is 6. The van der Waals surface area contributed by atoms with Crippen LogP contribution >= 0.6 is 0 Å². The molecule has 26 heavy (non-hydrogen) atoms. The molecule has 3 rings (SSSR count). The predicted molar refractivity (Wildman–Crippen MR) is 98.4 cm³/mol. The summed E-state index contributed by atoms with van der Waals surface area (Å²) in [5.41, 5.74) is 1.79. The summed E-state index contributed by atoms with van der Waals surface area (Å²) in [4.78, 5) is 14.7. The second kappa shape index (κ2) is 7.06. The molecule has 0 unspecified atom stereocenters. The zero-order valence-electron chi connectivity index (χ0n) is 13.6. The van der Waals surface area contributed by atoms with Crippen molar-refractivity contribution in [3.8, 4) is 0 Å². The molecule has 0 spiro atoms. The van der Waals surface area contributed by atoms with Gasteiger partial charge in [-0.15, -0.1) is 0 Å². The summed E-state index contributed by atoms with van der Waals surface area (Å²) in [5, 5.41) is 20.3. The number of fused-ring (bicyclic) bond motifs is 1. The number of para-hydroxylation sites is 1. The molecule has 0 aliphatic carbocycles. The standard InChI is InChI=1S/C17H16N4O4S/c18-26(24,25)14-6-7-15(16(11-14)21(22)23)19-10-8-13-4-1-3-12-5-2-9-20-17(12)13/h1-7,9,11,19H,8,10H2,(H2,18,24,25). The quantitative estimate of drug-likeness (QED) is 0.505. The van der Waals surface area contributed by atoms with E-state index in [0.29, 0.717) is 13.0 Å². The lowest BCUT2D eigenvalue weighted by atomic mass is 10.1. The first-order valence-corrected chi connectivity index (χ1v) is 9.28. The van der Waals surface area contributed by atoms with Crippen molar-refractivity contribution in [2.75, 3.05) is 11.9 Å². The van der Waals surface area contributed by atoms with Crippen LogP contribution in [0.4, 0.5) is 11.4 Å². The number of anilines is 1. The number of nitrogens with zero attached hydrogens (tertiary/aromatic N) is 2. The molecular formula is C17H16N4O4S. The third-order valence-corrected chi connectivity index (χ3v) is 4.83. The number of hydrogen-bond donors (Lipinski definition) is 2. The largest absolute Gasteiger partial charge is 0.379 e. The van der Waals surface area contributed by atoms with E-state index in [1.807, 2.05) is 30.3 Å². The smallest absolute Gasteiger partial charge is 0.293 e. The van der Waals surface area contributed by atoms with Crippen molar-refractivity contribution in [2.45, 2.75) is 11.3 Å². The van der Waals surface area contributed by atoms with E-state index in [4.69, 9.17) is 5.14 Å². The lowest BCUT2D eigenvalue weighted by Gasteiger charge is -2.09. The lowest BCUT2D eigenvalue weighted by Crippen LogP contribution is -2.13. The van der Waals surface area contributed by atoms with E-state index in [0.717, 1.165) is 22.5 Å². The predicted octanol–water partition coefficient (Wildman–Crippen LogP) is 2.45. The minimum Gasteiger partial charge on any atom is -0.379 e. The van der Waals surface area contributed by atoms with Crippen LogP contribution < -0.4 is 10.5 Å². The number of aromatic nitrogens is 1. The third-order valence-electron chi connectivity index (χ3n) is 3.92. The molecule has 3 aromatic rings. The maximum Gasteiger partial charge on any atom is 0.293 e. The number of hydrogen-bond acceptors (Lipinski definition) is 6. The Balaban J connectivity index is 1.80. The maximum absolute atomic E-state index is 11.4. The number of nitro groups is 1. The number of benzene rings is 2. The van der Waals surface area contributed by atoms with Gasteiger partial charge in [0.15, 0.2) is 0 Å². The Hall–Kier alpha value is -3.04. The summed E-state index contributed by atoms with van der Waals surface area (Å²) < 4.78 is 22.7. The number of nitro benzene ring substituents is 1. The highest BCUT2D eigenvalue weighted by Gasteiger charge is 2.18. The van der Waals surface area contributed by atoms with Gasteiger partial charge in [0.1, 0.15) is 5.69 Å². The molecule has 1 aromatic heterocycles. The van der Waals surface area contributed by atoms with E-state index in [1.54, 1.807) is 6.20 Å². The fourth-order valence-electron chi connectivity index (χ4n) is 2.69. The summed E-state index contributed by atoms with van der Waals surface area (Å²) in [5.74, 6) is 0. The first kappa shape index (κ1) is 17.8. The van der Waals surface area contributed by atoms with Crippen LogP contribution in [0.15, 0.2) is 59.6 Å². The van der Waals surface area contributed by atoms with Crippen molar-refractivity contribution in [3.63, 3.8) is 0 Å². The molecule has 0 amide bonds. The van der Waals surface area contributed by atoms with Crippen LogP contribution in [-0.4, -0.2) is 24.9 Å². The molecule has 0 saturated carbocycles. The molecule has 0 atom stereocenters. The molecule has 0 fully saturated rings. The van der Waals surface area contributed by atoms with Gasteiger partial charge in [0.2, 0.25) is 10.0 Å². The Labute approximate surface area is 149 Å². The Bertz CT molecular complexity index is 1080. The molecule has 0 radical (unpaired) electrons. The van der Waals surface area contributed by atoms with Gasteiger partial charge in [-0.3, -0.25) is 15.1 Å². The van der Waals surface area contributed by atoms with Crippen LogP contribution in [0.1, 0.15) is 5.56 Å². The number of sulfonamides is 1. The fraction of sp³-hybridized carbons (Fsp3) is 0.118. The highest BCUT2D eigenvalue weighted by molar-refractivity contribution is 7.89. The van der Waals surface area contributed by atoms with Gasteiger partial charge in [0.25, 0.3) is 5.69 Å². The first-order chi connectivity index (χ1) is 12.4. The number of primary sulfonamides is 1. The molecule has 2 aromatic carbocycles. The molecule has 0 aliphatic rings. The minimum absolute atomic E-state index is 0.232. The van der Waals surface area contributed by atoms with Crippen LogP contribution in [-0.2, 0) is 16.4 Å². The second-order valence-corrected chi connectivity index (χ2v) is 7.21. The van der Waals surface area contributed by atoms with Gasteiger partial charge in [-0.25, -0.2) is 13.6 Å². The van der Waals surface area contributed by atoms with Crippen molar-refractivity contribution in [2.24, 2.45) is 5.14 Å². The van der Waals surface area contributed by atoms with Gasteiger partial charge in [-0.2, -0.15) is 0 Å². The number of nitrogens with one attached hydrogen (secondary N) is 1. The summed E-state index contributed by atoms with van der Waals surface area (Å²) in [6.45, 7) is 0.422. The van der Waals surface area contributed by atoms with Gasteiger partial charge in [-0.1, -0.05) is 24.3 Å². The Morgan fingerprint density at radius 1 is 1.15 bits per heavy atom. The van der Waals surface area contributed by atoms with Crippen molar-refractivity contribution >= 4 is 32.3 Å². The van der Waals surface area contributed by atoms with Crippen LogP contribution in [0.5, 0.6) is 0 Å². The summed E-state index contributed by atoms with van der Waals surface area (Å²) in [7, 11) is -4.00. The molecule has 134 valence electrons. The van der Waals surface area contributed by atoms with E-state index < -0.39 is 14.9 Å². The first-order valence-electron chi connectivity index (χ1n) is 7.74. The molecule has 0 saturated heterocycles. The molecule has 1 heterocycles. The molecule has 8 nitrogen and oxygen atoms in total. The van der Waals surface area contributed by atoms with Crippen LogP contribution in [0.25, 0.3) is 10.9 Å². The zero-order valence-corrected chi connectivity index (χ0v) is 14.4. The van der Waals surface area contributed by atoms with Crippen molar-refractivity contribution in [1.29, 1.82) is 0 Å². The topological polar surface area (TPSA) is 128 Å². The zero-order chi connectivity index (χ0) is 18.7. The van der Waals surface area contributed by atoms with Crippen molar-refractivity contribution < 1.29 is 13.3 Å². The van der Waals surface area contributed by atoms with Crippen LogP contribution in [0.3, 0.4) is 0 Å². The van der Waals surface area contributed by atoms with E-state index in [1.165, 1.54) is 12.1 Å². The van der Waals surface area contributed by atoms with Crippen LogP contribution in [0.2, 0.25) is 0 Å². The van der Waals surface area contributed by atoms with Gasteiger partial charge >= 0.3 is 0 Å². The molecule has 9 heteroatoms. The Kier molecular flexibility index (Phi) is 4.83. The maximum atomic E-state index is 11.4. The highest BCUT2D eigenvalue weighted by Crippen LogP contribution is 2.27. The fourth-order valence-corrected chi connectivity index (χ4v) is 3.22. The number of nitrogens with two attached hydrogens (primary N) is 1. The van der Waals surface area contributed by atoms with Gasteiger partial charge in [0, 0.05) is 24.2 Å². The van der Waals surface area contributed by atoms with E-state index in [2.05, 4.69) is 10.3 Å². The molecule has 0 bridgehead atoms. The van der Waals surface area contributed by atoms with Gasteiger partial charge in [-0.05, 0) is 30.2 Å². The normalized spacial score (nSPS) is 11.4. The Morgan fingerprint density at radius 2 is 1.92 bits per heavy atom. The molecular weight excluding hydrogens is 356 g/mol. The van der Waals surface area contributed by atoms with E-state index in [9.17, 15) is 18.5 Å². The SMILES string of the molecule is NS(=O)(=O)c1ccc(NCCc2cccc3cccnc23)c([N+](=O)[O-])c1. The average molecular weight is 372 g/mol. The van der Waals surface area contributed by atoms with Crippen molar-refractivity contribution in [1.82, 2.24) is 4.98 Å². The van der Waals surface area contributed by atoms with Crippen LogP contribution in [0, 0.1) is 10.1 Å². The van der Waals surface area contributed by atoms with Crippen molar-refractivity contribution in [3.05, 3.63) is 70.4 Å². The van der Waals surface area contributed by atoms with Gasteiger partial charge < -0.3 is 5.32 Å². The molecule has 3 N–H and O–H groups in total.